The molecule has 1 amide bonds. The Morgan fingerprint density at radius 1 is 1.14 bits per heavy atom. The third kappa shape index (κ3) is 4.15. The molecular formula is C17H18N2O3. The van der Waals surface area contributed by atoms with Crippen LogP contribution in [-0.2, 0) is 11.2 Å². The molecule has 2 aromatic carbocycles. The molecule has 114 valence electrons. The lowest BCUT2D eigenvalue weighted by Gasteiger charge is -2.12. The van der Waals surface area contributed by atoms with Gasteiger partial charge >= 0.3 is 0 Å². The molecule has 22 heavy (non-hydrogen) atoms. The van der Waals surface area contributed by atoms with Crippen LogP contribution in [0.15, 0.2) is 54.6 Å². The Bertz CT molecular complexity index is 639. The van der Waals surface area contributed by atoms with Gasteiger partial charge in [-0.25, -0.2) is 0 Å². The van der Waals surface area contributed by atoms with E-state index in [4.69, 9.17) is 0 Å². The summed E-state index contributed by atoms with van der Waals surface area (Å²) in [5.74, 6) is -0.415. The fourth-order valence-corrected chi connectivity index (χ4v) is 2.16. The number of nitro groups is 1. The van der Waals surface area contributed by atoms with Crippen molar-refractivity contribution in [1.29, 1.82) is 0 Å². The third-order valence-corrected chi connectivity index (χ3v) is 3.55. The van der Waals surface area contributed by atoms with E-state index in [0.29, 0.717) is 6.54 Å². The van der Waals surface area contributed by atoms with E-state index in [-0.39, 0.29) is 17.5 Å². The molecule has 2 aromatic rings. The van der Waals surface area contributed by atoms with E-state index in [1.807, 2.05) is 30.3 Å². The zero-order chi connectivity index (χ0) is 15.9. The topological polar surface area (TPSA) is 72.2 Å². The largest absolute Gasteiger partial charge is 0.355 e. The normalized spacial score (nSPS) is 11.7. The second-order valence-electron chi connectivity index (χ2n) is 5.10. The molecule has 1 atom stereocenters. The van der Waals surface area contributed by atoms with Crippen LogP contribution in [0.5, 0.6) is 0 Å². The van der Waals surface area contributed by atoms with Crippen LogP contribution in [0, 0.1) is 10.1 Å². The van der Waals surface area contributed by atoms with Gasteiger partial charge in [-0.15, -0.1) is 0 Å². The lowest BCUT2D eigenvalue weighted by molar-refractivity contribution is -0.384. The highest BCUT2D eigenvalue weighted by molar-refractivity contribution is 5.83. The lowest BCUT2D eigenvalue weighted by Crippen LogP contribution is -2.29. The predicted molar refractivity (Wildman–Crippen MR) is 84.7 cm³/mol. The summed E-state index contributed by atoms with van der Waals surface area (Å²) in [6, 6.07) is 16.0. The van der Waals surface area contributed by atoms with Gasteiger partial charge in [-0.3, -0.25) is 14.9 Å². The first-order valence-electron chi connectivity index (χ1n) is 7.14. The Hall–Kier alpha value is -2.69. The van der Waals surface area contributed by atoms with Gasteiger partial charge in [0.2, 0.25) is 5.91 Å². The summed E-state index contributed by atoms with van der Waals surface area (Å²) < 4.78 is 0. The van der Waals surface area contributed by atoms with Gasteiger partial charge in [-0.05, 0) is 24.5 Å². The van der Waals surface area contributed by atoms with Crippen molar-refractivity contribution in [2.45, 2.75) is 19.3 Å². The summed E-state index contributed by atoms with van der Waals surface area (Å²) >= 11 is 0. The summed E-state index contributed by atoms with van der Waals surface area (Å²) in [7, 11) is 0. The van der Waals surface area contributed by atoms with E-state index >= 15 is 0 Å². The molecule has 0 saturated carbocycles. The van der Waals surface area contributed by atoms with Gasteiger partial charge < -0.3 is 5.32 Å². The van der Waals surface area contributed by atoms with E-state index in [0.717, 1.165) is 12.0 Å². The van der Waals surface area contributed by atoms with Crippen LogP contribution in [0.25, 0.3) is 0 Å². The molecule has 1 N–H and O–H groups in total. The van der Waals surface area contributed by atoms with E-state index in [1.54, 1.807) is 19.1 Å². The van der Waals surface area contributed by atoms with Crippen molar-refractivity contribution in [2.75, 3.05) is 6.54 Å². The van der Waals surface area contributed by atoms with Crippen molar-refractivity contribution in [2.24, 2.45) is 0 Å². The minimum atomic E-state index is -0.450. The Morgan fingerprint density at radius 2 is 1.77 bits per heavy atom. The van der Waals surface area contributed by atoms with Gasteiger partial charge in [-0.2, -0.15) is 0 Å². The first-order valence-corrected chi connectivity index (χ1v) is 7.14. The quantitative estimate of drug-likeness (QED) is 0.658. The number of carbonyl (C=O) groups is 1. The summed E-state index contributed by atoms with van der Waals surface area (Å²) in [6.45, 7) is 2.36. The van der Waals surface area contributed by atoms with Gasteiger partial charge in [-0.1, -0.05) is 42.5 Å². The van der Waals surface area contributed by atoms with Crippen molar-refractivity contribution in [3.63, 3.8) is 0 Å². The van der Waals surface area contributed by atoms with Crippen LogP contribution in [0.3, 0.4) is 0 Å². The number of non-ortho nitro benzene ring substituents is 1. The second kappa shape index (κ2) is 7.36. The van der Waals surface area contributed by atoms with E-state index in [1.165, 1.54) is 17.7 Å². The molecule has 0 radical (unpaired) electrons. The first-order chi connectivity index (χ1) is 10.6. The van der Waals surface area contributed by atoms with E-state index in [2.05, 4.69) is 5.32 Å². The number of nitrogens with zero attached hydrogens (tertiary/aromatic N) is 1. The molecule has 0 aromatic heterocycles. The average Bonchev–Trinajstić information content (AvgIpc) is 2.55. The molecule has 5 heteroatoms. The van der Waals surface area contributed by atoms with Gasteiger partial charge in [0.1, 0.15) is 0 Å². The number of benzene rings is 2. The van der Waals surface area contributed by atoms with Gasteiger partial charge in [0, 0.05) is 18.7 Å². The molecule has 5 nitrogen and oxygen atoms in total. The molecule has 0 bridgehead atoms. The van der Waals surface area contributed by atoms with Crippen LogP contribution in [0.1, 0.15) is 24.0 Å². The van der Waals surface area contributed by atoms with Crippen LogP contribution in [-0.4, -0.2) is 17.4 Å². The number of nitrogens with one attached hydrogen (secondary N) is 1. The molecule has 0 aliphatic heterocycles. The Kier molecular flexibility index (Phi) is 5.25. The van der Waals surface area contributed by atoms with E-state index < -0.39 is 4.92 Å². The summed E-state index contributed by atoms with van der Waals surface area (Å²) in [5, 5.41) is 13.5. The number of hydrogen-bond acceptors (Lipinski definition) is 3. The standard InChI is InChI=1S/C17H18N2O3/c1-13(15-7-9-16(10-8-15)19(21)22)17(20)18-12-11-14-5-3-2-4-6-14/h2-10,13H,11-12H2,1H3,(H,18,20). The molecule has 2 rings (SSSR count). The second-order valence-corrected chi connectivity index (χ2v) is 5.10. The fourth-order valence-electron chi connectivity index (χ4n) is 2.16. The SMILES string of the molecule is CC(C(=O)NCCc1ccccc1)c1ccc([N+](=O)[O-])cc1. The van der Waals surface area contributed by atoms with Crippen LogP contribution >= 0.6 is 0 Å². The maximum Gasteiger partial charge on any atom is 0.269 e. The zero-order valence-corrected chi connectivity index (χ0v) is 12.4. The smallest absolute Gasteiger partial charge is 0.269 e. The van der Waals surface area contributed by atoms with Crippen molar-refractivity contribution in [1.82, 2.24) is 5.32 Å². The van der Waals surface area contributed by atoms with Crippen LogP contribution < -0.4 is 5.32 Å². The highest BCUT2D eigenvalue weighted by atomic mass is 16.6. The third-order valence-electron chi connectivity index (χ3n) is 3.55. The minimum absolute atomic E-state index is 0.0282. The first kappa shape index (κ1) is 15.7. The molecule has 0 spiro atoms. The predicted octanol–water partition coefficient (Wildman–Crippen LogP) is 3.06. The molecule has 0 aliphatic carbocycles. The van der Waals surface area contributed by atoms with Crippen molar-refractivity contribution < 1.29 is 9.72 Å². The number of hydrogen-bond donors (Lipinski definition) is 1. The number of rotatable bonds is 6. The Morgan fingerprint density at radius 3 is 2.36 bits per heavy atom. The minimum Gasteiger partial charge on any atom is -0.355 e. The maximum atomic E-state index is 12.1. The number of carbonyl (C=O) groups excluding carboxylic acids is 1. The summed E-state index contributed by atoms with van der Waals surface area (Å²) in [4.78, 5) is 22.3. The average molecular weight is 298 g/mol. The highest BCUT2D eigenvalue weighted by Gasteiger charge is 2.15. The van der Waals surface area contributed by atoms with Crippen molar-refractivity contribution >= 4 is 11.6 Å². The van der Waals surface area contributed by atoms with Crippen LogP contribution in [0.4, 0.5) is 5.69 Å². The molecule has 0 aliphatic rings. The van der Waals surface area contributed by atoms with Gasteiger partial charge in [0.05, 0.1) is 10.8 Å². The molecule has 1 unspecified atom stereocenters. The van der Waals surface area contributed by atoms with Crippen molar-refractivity contribution in [3.8, 4) is 0 Å². The lowest BCUT2D eigenvalue weighted by atomic mass is 10.00. The molecular weight excluding hydrogens is 280 g/mol. The number of nitro benzene ring substituents is 1. The van der Waals surface area contributed by atoms with E-state index in [9.17, 15) is 14.9 Å². The Balaban J connectivity index is 1.87. The molecule has 0 fully saturated rings. The fraction of sp³-hybridized carbons (Fsp3) is 0.235. The van der Waals surface area contributed by atoms with Crippen molar-refractivity contribution in [3.05, 3.63) is 75.8 Å². The van der Waals surface area contributed by atoms with Gasteiger partial charge in [0.15, 0.2) is 0 Å². The molecule has 0 heterocycles. The summed E-state index contributed by atoms with van der Waals surface area (Å²) in [6.07, 6.45) is 0.777. The molecule has 0 saturated heterocycles. The van der Waals surface area contributed by atoms with Gasteiger partial charge in [0.25, 0.3) is 5.69 Å². The highest BCUT2D eigenvalue weighted by Crippen LogP contribution is 2.19. The maximum absolute atomic E-state index is 12.1. The monoisotopic (exact) mass is 298 g/mol. The van der Waals surface area contributed by atoms with Crippen LogP contribution in [0.2, 0.25) is 0 Å². The zero-order valence-electron chi connectivity index (χ0n) is 12.4. The summed E-state index contributed by atoms with van der Waals surface area (Å²) in [5.41, 5.74) is 1.97. The Labute approximate surface area is 129 Å². The number of amides is 1.